The van der Waals surface area contributed by atoms with Gasteiger partial charge in [-0.3, -0.25) is 9.59 Å². The van der Waals surface area contributed by atoms with E-state index in [2.05, 4.69) is 0 Å². The molecule has 0 bridgehead atoms. The van der Waals surface area contributed by atoms with E-state index < -0.39 is 5.97 Å². The molecule has 0 aliphatic rings. The van der Waals surface area contributed by atoms with Gasteiger partial charge in [-0.2, -0.15) is 0 Å². The Balaban J connectivity index is 1.58. The third kappa shape index (κ3) is 9.74. The van der Waals surface area contributed by atoms with Gasteiger partial charge in [0.05, 0.1) is 6.61 Å². The van der Waals surface area contributed by atoms with E-state index in [9.17, 15) is 9.59 Å². The number of carbonyl (C=O) groups is 2. The maximum atomic E-state index is 12.1. The molecular weight excluding hydrogens is 364 g/mol. The highest BCUT2D eigenvalue weighted by molar-refractivity contribution is 6.06. The minimum Gasteiger partial charge on any atom is -0.494 e. The van der Waals surface area contributed by atoms with Crippen molar-refractivity contribution in [3.63, 3.8) is 0 Å². The largest absolute Gasteiger partial charge is 0.494 e. The number of allylic oxidation sites excluding steroid dienone is 1. The first-order valence-electron chi connectivity index (χ1n) is 10.4. The van der Waals surface area contributed by atoms with Crippen molar-refractivity contribution in [2.75, 3.05) is 6.61 Å². The van der Waals surface area contributed by atoms with Crippen LogP contribution in [0.3, 0.4) is 0 Å². The van der Waals surface area contributed by atoms with Crippen molar-refractivity contribution in [3.05, 3.63) is 71.8 Å². The van der Waals surface area contributed by atoms with Gasteiger partial charge >= 0.3 is 5.97 Å². The van der Waals surface area contributed by atoms with E-state index in [0.717, 1.165) is 56.3 Å². The zero-order valence-electron chi connectivity index (χ0n) is 16.9. The lowest BCUT2D eigenvalue weighted by atomic mass is 10.1. The molecule has 2 aromatic rings. The van der Waals surface area contributed by atoms with Crippen molar-refractivity contribution in [3.8, 4) is 5.75 Å². The Bertz CT molecular complexity index is 763. The van der Waals surface area contributed by atoms with Crippen LogP contribution in [0.4, 0.5) is 0 Å². The third-order valence-corrected chi connectivity index (χ3v) is 4.67. The second-order valence-corrected chi connectivity index (χ2v) is 7.10. The van der Waals surface area contributed by atoms with Gasteiger partial charge < -0.3 is 9.84 Å². The number of hydrogen-bond donors (Lipinski definition) is 1. The summed E-state index contributed by atoms with van der Waals surface area (Å²) in [6.45, 7) is 0.695. The molecule has 0 aliphatic heterocycles. The summed E-state index contributed by atoms with van der Waals surface area (Å²) in [5, 5.41) is 8.58. The molecule has 4 heteroatoms. The molecule has 0 spiro atoms. The SMILES string of the molecule is O=C(O)CCCCCCCCCOc1ccc(C=CC(=O)c2ccccc2)cc1. The van der Waals surface area contributed by atoms with E-state index in [0.29, 0.717) is 12.2 Å². The van der Waals surface area contributed by atoms with E-state index in [4.69, 9.17) is 9.84 Å². The van der Waals surface area contributed by atoms with E-state index in [-0.39, 0.29) is 12.2 Å². The molecule has 4 nitrogen and oxygen atoms in total. The van der Waals surface area contributed by atoms with Gasteiger partial charge in [0.25, 0.3) is 0 Å². The van der Waals surface area contributed by atoms with Crippen molar-refractivity contribution in [1.82, 2.24) is 0 Å². The van der Waals surface area contributed by atoms with Crippen LogP contribution in [0.2, 0.25) is 0 Å². The van der Waals surface area contributed by atoms with Gasteiger partial charge in [-0.05, 0) is 36.6 Å². The van der Waals surface area contributed by atoms with E-state index in [1.165, 1.54) is 0 Å². The van der Waals surface area contributed by atoms with E-state index in [1.807, 2.05) is 60.7 Å². The topological polar surface area (TPSA) is 63.6 Å². The van der Waals surface area contributed by atoms with Crippen LogP contribution in [0.5, 0.6) is 5.75 Å². The molecule has 0 amide bonds. The molecule has 0 aliphatic carbocycles. The van der Waals surface area contributed by atoms with Crippen LogP contribution >= 0.6 is 0 Å². The molecular formula is C25H30O4. The van der Waals surface area contributed by atoms with Crippen molar-refractivity contribution in [2.45, 2.75) is 51.4 Å². The number of carboxylic acid groups (broad SMARTS) is 1. The maximum absolute atomic E-state index is 12.1. The number of rotatable bonds is 14. The minimum atomic E-state index is -0.702. The van der Waals surface area contributed by atoms with Gasteiger partial charge in [-0.15, -0.1) is 0 Å². The number of benzene rings is 2. The molecule has 0 saturated carbocycles. The molecule has 2 aromatic carbocycles. The Morgan fingerprint density at radius 2 is 1.41 bits per heavy atom. The Morgan fingerprint density at radius 1 is 0.793 bits per heavy atom. The summed E-state index contributed by atoms with van der Waals surface area (Å²) in [5.41, 5.74) is 1.65. The minimum absolute atomic E-state index is 0.00666. The van der Waals surface area contributed by atoms with E-state index >= 15 is 0 Å². The van der Waals surface area contributed by atoms with Crippen LogP contribution in [0.25, 0.3) is 6.08 Å². The highest BCUT2D eigenvalue weighted by atomic mass is 16.5. The zero-order valence-corrected chi connectivity index (χ0v) is 16.9. The fourth-order valence-corrected chi connectivity index (χ4v) is 3.00. The van der Waals surface area contributed by atoms with Crippen molar-refractivity contribution in [1.29, 1.82) is 0 Å². The van der Waals surface area contributed by atoms with Gasteiger partial charge in [0, 0.05) is 12.0 Å². The maximum Gasteiger partial charge on any atom is 0.303 e. The number of ether oxygens (including phenoxy) is 1. The lowest BCUT2D eigenvalue weighted by Crippen LogP contribution is -1.97. The summed E-state index contributed by atoms with van der Waals surface area (Å²) in [6, 6.07) is 17.0. The first-order chi connectivity index (χ1) is 14.1. The van der Waals surface area contributed by atoms with E-state index in [1.54, 1.807) is 6.08 Å². The predicted molar refractivity (Wildman–Crippen MR) is 116 cm³/mol. The van der Waals surface area contributed by atoms with Crippen molar-refractivity contribution >= 4 is 17.8 Å². The summed E-state index contributed by atoms with van der Waals surface area (Å²) >= 11 is 0. The molecule has 0 radical (unpaired) electrons. The standard InChI is InChI=1S/C25H30O4/c26-24(22-11-7-6-8-12-22)19-16-21-14-17-23(18-15-21)29-20-10-5-3-1-2-4-9-13-25(27)28/h6-8,11-12,14-19H,1-5,9-10,13,20H2,(H,27,28). The fourth-order valence-electron chi connectivity index (χ4n) is 3.00. The van der Waals surface area contributed by atoms with Crippen LogP contribution in [-0.2, 0) is 4.79 Å². The average molecular weight is 395 g/mol. The van der Waals surface area contributed by atoms with Crippen molar-refractivity contribution < 1.29 is 19.4 Å². The smallest absolute Gasteiger partial charge is 0.303 e. The Morgan fingerprint density at radius 3 is 2.07 bits per heavy atom. The first-order valence-corrected chi connectivity index (χ1v) is 10.4. The number of aliphatic carboxylic acids is 1. The van der Waals surface area contributed by atoms with Gasteiger partial charge in [-0.1, -0.05) is 80.6 Å². The average Bonchev–Trinajstić information content (AvgIpc) is 2.74. The summed E-state index contributed by atoms with van der Waals surface area (Å²) in [7, 11) is 0. The van der Waals surface area contributed by atoms with Gasteiger partial charge in [0.2, 0.25) is 0 Å². The van der Waals surface area contributed by atoms with Crippen LogP contribution in [0.15, 0.2) is 60.7 Å². The lowest BCUT2D eigenvalue weighted by molar-refractivity contribution is -0.137. The highest BCUT2D eigenvalue weighted by Crippen LogP contribution is 2.15. The van der Waals surface area contributed by atoms with Gasteiger partial charge in [0.15, 0.2) is 5.78 Å². The van der Waals surface area contributed by atoms with Crippen molar-refractivity contribution in [2.24, 2.45) is 0 Å². The van der Waals surface area contributed by atoms with Crippen LogP contribution in [0, 0.1) is 0 Å². The highest BCUT2D eigenvalue weighted by Gasteiger charge is 2.00. The fraction of sp³-hybridized carbons (Fsp3) is 0.360. The number of carboxylic acids is 1. The second kappa shape index (κ2) is 13.3. The molecule has 2 rings (SSSR count). The summed E-state index contributed by atoms with van der Waals surface area (Å²) in [4.78, 5) is 22.5. The first kappa shape index (κ1) is 22.4. The molecule has 0 saturated heterocycles. The number of ketones is 1. The molecule has 0 aromatic heterocycles. The van der Waals surface area contributed by atoms with Crippen LogP contribution < -0.4 is 4.74 Å². The normalized spacial score (nSPS) is 10.9. The van der Waals surface area contributed by atoms with Gasteiger partial charge in [-0.25, -0.2) is 0 Å². The molecule has 29 heavy (non-hydrogen) atoms. The molecule has 0 fully saturated rings. The molecule has 0 unspecified atom stereocenters. The molecule has 0 heterocycles. The Labute approximate surface area is 173 Å². The summed E-state index contributed by atoms with van der Waals surface area (Å²) < 4.78 is 5.77. The molecule has 1 N–H and O–H groups in total. The Kier molecular flexibility index (Phi) is 10.3. The summed E-state index contributed by atoms with van der Waals surface area (Å²) in [6.07, 6.45) is 11.0. The second-order valence-electron chi connectivity index (χ2n) is 7.10. The number of hydrogen-bond acceptors (Lipinski definition) is 3. The third-order valence-electron chi connectivity index (χ3n) is 4.67. The summed E-state index contributed by atoms with van der Waals surface area (Å²) in [5.74, 6) is 0.130. The van der Waals surface area contributed by atoms with Crippen LogP contribution in [0.1, 0.15) is 67.3 Å². The quantitative estimate of drug-likeness (QED) is 0.236. The monoisotopic (exact) mass is 394 g/mol. The Hall–Kier alpha value is -2.88. The number of unbranched alkanes of at least 4 members (excludes halogenated alkanes) is 6. The van der Waals surface area contributed by atoms with Crippen LogP contribution in [-0.4, -0.2) is 23.5 Å². The van der Waals surface area contributed by atoms with Gasteiger partial charge in [0.1, 0.15) is 5.75 Å². The number of carbonyl (C=O) groups excluding carboxylic acids is 1. The zero-order chi connectivity index (χ0) is 20.7. The molecule has 0 atom stereocenters. The lowest BCUT2D eigenvalue weighted by Gasteiger charge is -2.06. The predicted octanol–water partition coefficient (Wildman–Crippen LogP) is 6.17. The molecule has 154 valence electrons.